The molecule has 1 atom stereocenters. The largest absolute Gasteiger partial charge is 0.386 e. The van der Waals surface area contributed by atoms with Crippen LogP contribution in [0, 0.1) is 0 Å². The van der Waals surface area contributed by atoms with E-state index in [1.807, 2.05) is 19.1 Å². The molecule has 0 bridgehead atoms. The highest BCUT2D eigenvalue weighted by Crippen LogP contribution is 2.26. The summed E-state index contributed by atoms with van der Waals surface area (Å²) < 4.78 is 5.40. The molecule has 1 aromatic rings. The number of anilines is 1. The summed E-state index contributed by atoms with van der Waals surface area (Å²) >= 11 is 0. The molecule has 132 valence electrons. The Hall–Kier alpha value is -1.63. The van der Waals surface area contributed by atoms with Crippen molar-refractivity contribution >= 4 is 11.7 Å². The molecule has 3 rings (SSSR count). The molecule has 2 aliphatic rings. The molecule has 6 nitrogen and oxygen atoms in total. The molecule has 2 amide bonds. The Morgan fingerprint density at radius 1 is 1.29 bits per heavy atom. The lowest BCUT2D eigenvalue weighted by atomic mass is 9.92. The number of hydrogen-bond acceptors (Lipinski definition) is 4. The SMILES string of the molecule is CCC1(O)CN(C(=O)Nc2ccc(C(C)N3CCOCC3)cc2)C1. The Labute approximate surface area is 143 Å². The Kier molecular flexibility index (Phi) is 5.08. The lowest BCUT2D eigenvalue weighted by Gasteiger charge is -2.45. The topological polar surface area (TPSA) is 65.0 Å². The molecule has 2 fully saturated rings. The summed E-state index contributed by atoms with van der Waals surface area (Å²) in [4.78, 5) is 16.2. The predicted molar refractivity (Wildman–Crippen MR) is 93.1 cm³/mol. The van der Waals surface area contributed by atoms with Gasteiger partial charge in [-0.3, -0.25) is 4.90 Å². The van der Waals surface area contributed by atoms with E-state index in [9.17, 15) is 9.90 Å². The summed E-state index contributed by atoms with van der Waals surface area (Å²) in [7, 11) is 0. The van der Waals surface area contributed by atoms with Crippen LogP contribution >= 0.6 is 0 Å². The average Bonchev–Trinajstić information content (AvgIpc) is 2.59. The predicted octanol–water partition coefficient (Wildman–Crippen LogP) is 2.07. The number of likely N-dealkylation sites (tertiary alicyclic amines) is 1. The molecule has 2 heterocycles. The summed E-state index contributed by atoms with van der Waals surface area (Å²) in [5, 5.41) is 12.9. The minimum atomic E-state index is -0.700. The molecule has 0 saturated carbocycles. The molecular weight excluding hydrogens is 306 g/mol. The number of carbonyl (C=O) groups excluding carboxylic acids is 1. The lowest BCUT2D eigenvalue weighted by Crippen LogP contribution is -2.63. The van der Waals surface area contributed by atoms with E-state index in [0.717, 1.165) is 32.0 Å². The van der Waals surface area contributed by atoms with Crippen LogP contribution in [0.25, 0.3) is 0 Å². The standard InChI is InChI=1S/C18H27N3O3/c1-3-18(23)12-21(13-18)17(22)19-16-6-4-15(5-7-16)14(2)20-8-10-24-11-9-20/h4-7,14,23H,3,8-13H2,1-2H3,(H,19,22). The zero-order valence-corrected chi connectivity index (χ0v) is 14.5. The number of hydrogen-bond donors (Lipinski definition) is 2. The van der Waals surface area contributed by atoms with E-state index in [1.165, 1.54) is 5.56 Å². The molecule has 24 heavy (non-hydrogen) atoms. The molecule has 1 aromatic carbocycles. The Balaban J connectivity index is 1.54. The van der Waals surface area contributed by atoms with Crippen LogP contribution in [0.2, 0.25) is 0 Å². The van der Waals surface area contributed by atoms with E-state index < -0.39 is 5.60 Å². The summed E-state index contributed by atoms with van der Waals surface area (Å²) in [5.74, 6) is 0. The molecule has 0 aliphatic carbocycles. The summed E-state index contributed by atoms with van der Waals surface area (Å²) in [5.41, 5.74) is 1.32. The van der Waals surface area contributed by atoms with Crippen molar-refractivity contribution in [1.29, 1.82) is 0 Å². The van der Waals surface area contributed by atoms with Crippen LogP contribution < -0.4 is 5.32 Å². The zero-order valence-electron chi connectivity index (χ0n) is 14.5. The van der Waals surface area contributed by atoms with Crippen LogP contribution in [0.1, 0.15) is 31.9 Å². The third-order valence-electron chi connectivity index (χ3n) is 5.15. The fourth-order valence-corrected chi connectivity index (χ4v) is 3.25. The maximum absolute atomic E-state index is 12.1. The number of aliphatic hydroxyl groups is 1. The average molecular weight is 333 g/mol. The van der Waals surface area contributed by atoms with Gasteiger partial charge in [0.05, 0.1) is 31.9 Å². The normalized spacial score (nSPS) is 21.9. The number of amides is 2. The number of nitrogens with one attached hydrogen (secondary N) is 1. The van der Waals surface area contributed by atoms with Crippen molar-refractivity contribution in [3.8, 4) is 0 Å². The van der Waals surface area contributed by atoms with Gasteiger partial charge in [0.25, 0.3) is 0 Å². The lowest BCUT2D eigenvalue weighted by molar-refractivity contribution is -0.0755. The number of morpholine rings is 1. The smallest absolute Gasteiger partial charge is 0.322 e. The zero-order chi connectivity index (χ0) is 17.2. The minimum absolute atomic E-state index is 0.151. The highest BCUT2D eigenvalue weighted by atomic mass is 16.5. The van der Waals surface area contributed by atoms with Gasteiger partial charge in [-0.05, 0) is 31.0 Å². The van der Waals surface area contributed by atoms with Crippen molar-refractivity contribution in [2.24, 2.45) is 0 Å². The molecule has 0 aromatic heterocycles. The molecule has 2 saturated heterocycles. The highest BCUT2D eigenvalue weighted by Gasteiger charge is 2.42. The minimum Gasteiger partial charge on any atom is -0.386 e. The molecule has 2 N–H and O–H groups in total. The van der Waals surface area contributed by atoms with Crippen LogP contribution in [0.3, 0.4) is 0 Å². The number of carbonyl (C=O) groups is 1. The third kappa shape index (κ3) is 3.71. The number of rotatable bonds is 4. The summed E-state index contributed by atoms with van der Waals surface area (Å²) in [6.07, 6.45) is 0.672. The molecular formula is C18H27N3O3. The first-order valence-electron chi connectivity index (χ1n) is 8.71. The van der Waals surface area contributed by atoms with Crippen molar-refractivity contribution < 1.29 is 14.6 Å². The number of benzene rings is 1. The van der Waals surface area contributed by atoms with Gasteiger partial charge in [0.2, 0.25) is 0 Å². The molecule has 2 aliphatic heterocycles. The number of β-amino-alcohol motifs (C(OH)–C–C–N with tert-alkyl or cyclic N) is 1. The van der Waals surface area contributed by atoms with E-state index in [-0.39, 0.29) is 6.03 Å². The Morgan fingerprint density at radius 3 is 2.50 bits per heavy atom. The van der Waals surface area contributed by atoms with Gasteiger partial charge >= 0.3 is 6.03 Å². The highest BCUT2D eigenvalue weighted by molar-refractivity contribution is 5.90. The van der Waals surface area contributed by atoms with Gasteiger partial charge in [0.1, 0.15) is 0 Å². The second-order valence-electron chi connectivity index (χ2n) is 6.81. The number of ether oxygens (including phenoxy) is 1. The van der Waals surface area contributed by atoms with Crippen LogP contribution in [-0.4, -0.2) is 65.9 Å². The first-order valence-corrected chi connectivity index (χ1v) is 8.71. The molecule has 0 radical (unpaired) electrons. The van der Waals surface area contributed by atoms with Gasteiger partial charge in [-0.15, -0.1) is 0 Å². The molecule has 6 heteroatoms. The van der Waals surface area contributed by atoms with Crippen LogP contribution in [0.4, 0.5) is 10.5 Å². The van der Waals surface area contributed by atoms with E-state index in [0.29, 0.717) is 25.6 Å². The Morgan fingerprint density at radius 2 is 1.92 bits per heavy atom. The van der Waals surface area contributed by atoms with Crippen molar-refractivity contribution in [2.45, 2.75) is 31.9 Å². The number of urea groups is 1. The monoisotopic (exact) mass is 333 g/mol. The van der Waals surface area contributed by atoms with Crippen LogP contribution in [0.15, 0.2) is 24.3 Å². The van der Waals surface area contributed by atoms with Crippen molar-refractivity contribution in [3.05, 3.63) is 29.8 Å². The first kappa shape index (κ1) is 17.2. The van der Waals surface area contributed by atoms with E-state index in [1.54, 1.807) is 4.90 Å². The Bertz CT molecular complexity index is 563. The summed E-state index contributed by atoms with van der Waals surface area (Å²) in [6.45, 7) is 8.43. The van der Waals surface area contributed by atoms with Crippen molar-refractivity contribution in [3.63, 3.8) is 0 Å². The van der Waals surface area contributed by atoms with Crippen molar-refractivity contribution in [1.82, 2.24) is 9.80 Å². The van der Waals surface area contributed by atoms with Gasteiger partial charge in [0, 0.05) is 24.8 Å². The maximum atomic E-state index is 12.1. The van der Waals surface area contributed by atoms with Crippen LogP contribution in [0.5, 0.6) is 0 Å². The fraction of sp³-hybridized carbons (Fsp3) is 0.611. The van der Waals surface area contributed by atoms with Gasteiger partial charge in [-0.2, -0.15) is 0 Å². The van der Waals surface area contributed by atoms with Gasteiger partial charge in [-0.25, -0.2) is 4.79 Å². The van der Waals surface area contributed by atoms with Crippen LogP contribution in [-0.2, 0) is 4.74 Å². The summed E-state index contributed by atoms with van der Waals surface area (Å²) in [6, 6.07) is 8.20. The van der Waals surface area contributed by atoms with Gasteiger partial charge in [-0.1, -0.05) is 19.1 Å². The third-order valence-corrected chi connectivity index (χ3v) is 5.15. The maximum Gasteiger partial charge on any atom is 0.322 e. The quantitative estimate of drug-likeness (QED) is 0.885. The second-order valence-corrected chi connectivity index (χ2v) is 6.81. The fourth-order valence-electron chi connectivity index (χ4n) is 3.25. The first-order chi connectivity index (χ1) is 11.5. The van der Waals surface area contributed by atoms with E-state index >= 15 is 0 Å². The van der Waals surface area contributed by atoms with Crippen molar-refractivity contribution in [2.75, 3.05) is 44.7 Å². The molecule has 1 unspecified atom stereocenters. The number of nitrogens with zero attached hydrogens (tertiary/aromatic N) is 2. The van der Waals surface area contributed by atoms with E-state index in [2.05, 4.69) is 29.3 Å². The van der Waals surface area contributed by atoms with Gasteiger partial charge in [0.15, 0.2) is 0 Å². The van der Waals surface area contributed by atoms with Gasteiger partial charge < -0.3 is 20.1 Å². The molecule has 0 spiro atoms. The van der Waals surface area contributed by atoms with E-state index in [4.69, 9.17) is 4.74 Å². The second kappa shape index (κ2) is 7.09.